The van der Waals surface area contributed by atoms with Crippen LogP contribution in [0.1, 0.15) is 18.1 Å². The number of imide groups is 1. The molecule has 3 rings (SSSR count). The Morgan fingerprint density at radius 1 is 1.20 bits per heavy atom. The Morgan fingerprint density at radius 3 is 2.48 bits per heavy atom. The summed E-state index contributed by atoms with van der Waals surface area (Å²) in [7, 11) is 1.41. The highest BCUT2D eigenvalue weighted by Crippen LogP contribution is 2.34. The number of carbonyl (C=O) groups excluding carboxylic acids is 2. The van der Waals surface area contributed by atoms with E-state index >= 15 is 0 Å². The second-order valence-corrected chi connectivity index (χ2v) is 5.74. The Bertz CT molecular complexity index is 902. The second-order valence-electron chi connectivity index (χ2n) is 5.74. The van der Waals surface area contributed by atoms with Crippen molar-refractivity contribution in [2.24, 2.45) is 0 Å². The number of anilines is 1. The molecule has 0 bridgehead atoms. The molecule has 3 amide bonds. The van der Waals surface area contributed by atoms with E-state index in [0.717, 1.165) is 4.90 Å². The van der Waals surface area contributed by atoms with Crippen LogP contribution in [0, 0.1) is 11.3 Å². The van der Waals surface area contributed by atoms with Crippen LogP contribution in [0.25, 0.3) is 0 Å². The number of carbonyl (C=O) groups is 2. The van der Waals surface area contributed by atoms with Gasteiger partial charge in [-0.25, -0.2) is 9.69 Å². The van der Waals surface area contributed by atoms with E-state index in [1.54, 1.807) is 19.1 Å². The molecule has 1 atom stereocenters. The number of phenolic OH excluding ortho intramolecular Hbond substituents is 1. The number of ether oxygens (including phenoxy) is 1. The number of nitrogens with one attached hydrogen (secondary N) is 1. The van der Waals surface area contributed by atoms with Gasteiger partial charge in [0.15, 0.2) is 0 Å². The molecule has 1 aliphatic heterocycles. The van der Waals surface area contributed by atoms with Crippen molar-refractivity contribution in [2.75, 3.05) is 12.0 Å². The van der Waals surface area contributed by atoms with Gasteiger partial charge in [-0.3, -0.25) is 4.79 Å². The molecule has 1 fully saturated rings. The van der Waals surface area contributed by atoms with Crippen LogP contribution in [-0.4, -0.2) is 24.2 Å². The van der Waals surface area contributed by atoms with Crippen LogP contribution < -0.4 is 15.0 Å². The highest BCUT2D eigenvalue weighted by Gasteiger charge is 2.49. The minimum atomic E-state index is -1.26. The number of hydrogen-bond acceptors (Lipinski definition) is 5. The third-order valence-corrected chi connectivity index (χ3v) is 4.20. The van der Waals surface area contributed by atoms with Crippen LogP contribution >= 0.6 is 0 Å². The lowest BCUT2D eigenvalue weighted by molar-refractivity contribution is -0.121. The average molecular weight is 337 g/mol. The molecule has 1 aliphatic rings. The molecule has 2 N–H and O–H groups in total. The molecule has 2 aromatic carbocycles. The minimum Gasteiger partial charge on any atom is -0.508 e. The molecule has 0 aliphatic carbocycles. The number of benzene rings is 2. The summed E-state index contributed by atoms with van der Waals surface area (Å²) in [6.45, 7) is 1.60. The van der Waals surface area contributed by atoms with Crippen molar-refractivity contribution < 1.29 is 19.4 Å². The van der Waals surface area contributed by atoms with E-state index in [1.165, 1.54) is 37.4 Å². The van der Waals surface area contributed by atoms with E-state index in [-0.39, 0.29) is 11.5 Å². The van der Waals surface area contributed by atoms with Gasteiger partial charge < -0.3 is 15.2 Å². The molecular formula is C18H15N3O4. The zero-order valence-electron chi connectivity index (χ0n) is 13.6. The summed E-state index contributed by atoms with van der Waals surface area (Å²) < 4.78 is 5.14. The number of nitriles is 1. The maximum absolute atomic E-state index is 13.0. The predicted octanol–water partition coefficient (Wildman–Crippen LogP) is 2.24. The van der Waals surface area contributed by atoms with Gasteiger partial charge in [0.1, 0.15) is 23.1 Å². The molecule has 0 saturated carbocycles. The SMILES string of the molecule is COc1cc(N2C(=O)NC(C)(c3ccc(O)cc3)C2=O)ccc1C#N. The zero-order valence-corrected chi connectivity index (χ0v) is 13.6. The molecule has 0 spiro atoms. The van der Waals surface area contributed by atoms with E-state index in [4.69, 9.17) is 10.00 Å². The van der Waals surface area contributed by atoms with E-state index in [2.05, 4.69) is 5.32 Å². The van der Waals surface area contributed by atoms with Crippen molar-refractivity contribution in [2.45, 2.75) is 12.5 Å². The van der Waals surface area contributed by atoms with Crippen LogP contribution in [0.3, 0.4) is 0 Å². The van der Waals surface area contributed by atoms with Crippen molar-refractivity contribution in [1.29, 1.82) is 5.26 Å². The number of methoxy groups -OCH3 is 1. The largest absolute Gasteiger partial charge is 0.508 e. The van der Waals surface area contributed by atoms with Crippen LogP contribution in [0.2, 0.25) is 0 Å². The number of urea groups is 1. The second kappa shape index (κ2) is 5.83. The van der Waals surface area contributed by atoms with Gasteiger partial charge in [0.2, 0.25) is 0 Å². The first kappa shape index (κ1) is 16.3. The lowest BCUT2D eigenvalue weighted by atomic mass is 9.92. The maximum Gasteiger partial charge on any atom is 0.329 e. The van der Waals surface area contributed by atoms with Crippen LogP contribution in [0.5, 0.6) is 11.5 Å². The average Bonchev–Trinajstić information content (AvgIpc) is 2.84. The van der Waals surface area contributed by atoms with E-state index in [9.17, 15) is 14.7 Å². The Kier molecular flexibility index (Phi) is 3.81. The zero-order chi connectivity index (χ0) is 18.2. The Hall–Kier alpha value is -3.53. The lowest BCUT2D eigenvalue weighted by Crippen LogP contribution is -2.40. The smallest absolute Gasteiger partial charge is 0.329 e. The van der Waals surface area contributed by atoms with Gasteiger partial charge in [0.05, 0.1) is 18.4 Å². The summed E-state index contributed by atoms with van der Waals surface area (Å²) in [6.07, 6.45) is 0. The highest BCUT2D eigenvalue weighted by atomic mass is 16.5. The van der Waals surface area contributed by atoms with Crippen molar-refractivity contribution in [1.82, 2.24) is 5.32 Å². The molecule has 1 unspecified atom stereocenters. The molecule has 25 heavy (non-hydrogen) atoms. The highest BCUT2D eigenvalue weighted by molar-refractivity contribution is 6.23. The standard InChI is InChI=1S/C18H15N3O4/c1-18(12-4-7-14(22)8-5-12)16(23)21(17(24)20-18)13-6-3-11(10-19)15(9-13)25-2/h3-9,22H,1-2H3,(H,20,24). The predicted molar refractivity (Wildman–Crippen MR) is 89.2 cm³/mol. The third kappa shape index (κ3) is 2.54. The fourth-order valence-electron chi connectivity index (χ4n) is 2.78. The van der Waals surface area contributed by atoms with Crippen molar-refractivity contribution >= 4 is 17.6 Å². The van der Waals surface area contributed by atoms with E-state index in [1.807, 2.05) is 6.07 Å². The summed E-state index contributed by atoms with van der Waals surface area (Å²) in [6, 6.07) is 11.9. The molecule has 1 heterocycles. The van der Waals surface area contributed by atoms with Gasteiger partial charge in [-0.2, -0.15) is 5.26 Å². The van der Waals surface area contributed by atoms with Crippen molar-refractivity contribution in [3.63, 3.8) is 0 Å². The third-order valence-electron chi connectivity index (χ3n) is 4.20. The first-order valence-corrected chi connectivity index (χ1v) is 7.45. The van der Waals surface area contributed by atoms with Gasteiger partial charge in [-0.1, -0.05) is 12.1 Å². The lowest BCUT2D eigenvalue weighted by Gasteiger charge is -2.22. The number of amides is 3. The number of phenols is 1. The van der Waals surface area contributed by atoms with E-state index in [0.29, 0.717) is 16.8 Å². The summed E-state index contributed by atoms with van der Waals surface area (Å²) in [5.41, 5.74) is -0.0986. The molecule has 1 saturated heterocycles. The maximum atomic E-state index is 13.0. The van der Waals surface area contributed by atoms with E-state index < -0.39 is 17.5 Å². The fourth-order valence-corrected chi connectivity index (χ4v) is 2.78. The number of hydrogen-bond donors (Lipinski definition) is 2. The summed E-state index contributed by atoms with van der Waals surface area (Å²) in [5.74, 6) is -0.119. The van der Waals surface area contributed by atoms with Crippen molar-refractivity contribution in [3.8, 4) is 17.6 Å². The number of rotatable bonds is 3. The fraction of sp³-hybridized carbons (Fsp3) is 0.167. The minimum absolute atomic E-state index is 0.0674. The van der Waals surface area contributed by atoms with Crippen LogP contribution in [0.15, 0.2) is 42.5 Å². The first-order valence-electron chi connectivity index (χ1n) is 7.45. The summed E-state index contributed by atoms with van der Waals surface area (Å²) in [5, 5.41) is 21.1. The molecule has 0 radical (unpaired) electrons. The van der Waals surface area contributed by atoms with Gasteiger partial charge >= 0.3 is 6.03 Å². The molecular weight excluding hydrogens is 322 g/mol. The molecule has 2 aromatic rings. The van der Waals surface area contributed by atoms with Crippen LogP contribution in [-0.2, 0) is 10.3 Å². The number of nitrogens with zero attached hydrogens (tertiary/aromatic N) is 2. The van der Waals surface area contributed by atoms with Gasteiger partial charge in [0, 0.05) is 6.07 Å². The first-order chi connectivity index (χ1) is 11.9. The quantitative estimate of drug-likeness (QED) is 0.836. The Labute approximate surface area is 144 Å². The van der Waals surface area contributed by atoms with Gasteiger partial charge in [-0.05, 0) is 36.8 Å². The molecule has 7 nitrogen and oxygen atoms in total. The molecule has 0 aromatic heterocycles. The normalized spacial score (nSPS) is 19.5. The Morgan fingerprint density at radius 2 is 1.88 bits per heavy atom. The summed E-state index contributed by atoms with van der Waals surface area (Å²) >= 11 is 0. The monoisotopic (exact) mass is 337 g/mol. The molecule has 126 valence electrons. The topological polar surface area (TPSA) is 103 Å². The van der Waals surface area contributed by atoms with Gasteiger partial charge in [0.25, 0.3) is 5.91 Å². The van der Waals surface area contributed by atoms with Gasteiger partial charge in [-0.15, -0.1) is 0 Å². The molecule has 7 heteroatoms. The summed E-state index contributed by atoms with van der Waals surface area (Å²) in [4.78, 5) is 26.4. The Balaban J connectivity index is 2.02. The van der Waals surface area contributed by atoms with Crippen LogP contribution in [0.4, 0.5) is 10.5 Å². The number of aromatic hydroxyl groups is 1. The van der Waals surface area contributed by atoms with Crippen molar-refractivity contribution in [3.05, 3.63) is 53.6 Å².